The lowest BCUT2D eigenvalue weighted by molar-refractivity contribution is 0.157. The number of amides is 2. The smallest absolute Gasteiger partial charge is 0.319 e. The minimum atomic E-state index is -2.98. The van der Waals surface area contributed by atoms with Crippen LogP contribution in [-0.2, 0) is 9.84 Å². The van der Waals surface area contributed by atoms with Crippen molar-refractivity contribution in [3.8, 4) is 5.75 Å². The summed E-state index contributed by atoms with van der Waals surface area (Å²) in [5, 5.41) is 0.594. The first kappa shape index (κ1) is 16.9. The molecule has 0 aromatic heterocycles. The van der Waals surface area contributed by atoms with Gasteiger partial charge in [0, 0.05) is 25.2 Å². The van der Waals surface area contributed by atoms with Gasteiger partial charge in [0.2, 0.25) is 0 Å². The number of carbonyl (C=O) groups is 1. The van der Waals surface area contributed by atoms with Crippen molar-refractivity contribution in [2.24, 2.45) is 0 Å². The van der Waals surface area contributed by atoms with Gasteiger partial charge in [-0.1, -0.05) is 17.7 Å². The highest BCUT2D eigenvalue weighted by Crippen LogP contribution is 2.17. The Kier molecular flexibility index (Phi) is 5.52. The van der Waals surface area contributed by atoms with E-state index in [-0.39, 0.29) is 30.6 Å². The molecule has 0 spiro atoms. The van der Waals surface area contributed by atoms with Crippen LogP contribution in [0.3, 0.4) is 0 Å². The normalized spacial score (nSPS) is 17.1. The highest BCUT2D eigenvalue weighted by Gasteiger charge is 2.26. The van der Waals surface area contributed by atoms with Crippen LogP contribution in [0.4, 0.5) is 4.79 Å². The molecule has 122 valence electrons. The number of carbonyl (C=O) groups excluding carboxylic acids is 1. The second-order valence-electron chi connectivity index (χ2n) is 5.15. The molecule has 2 rings (SSSR count). The summed E-state index contributed by atoms with van der Waals surface area (Å²) in [7, 11) is -1.31. The van der Waals surface area contributed by atoms with E-state index in [2.05, 4.69) is 0 Å². The van der Waals surface area contributed by atoms with Gasteiger partial charge in [0.05, 0.1) is 18.1 Å². The minimum Gasteiger partial charge on any atom is -0.492 e. The number of hydrogen-bond donors (Lipinski definition) is 0. The van der Waals surface area contributed by atoms with Gasteiger partial charge in [0.15, 0.2) is 9.84 Å². The first-order valence-corrected chi connectivity index (χ1v) is 9.16. The van der Waals surface area contributed by atoms with Crippen molar-refractivity contribution in [1.29, 1.82) is 0 Å². The fraction of sp³-hybridized carbons (Fsp3) is 0.500. The van der Waals surface area contributed by atoms with Gasteiger partial charge in [0.1, 0.15) is 12.4 Å². The van der Waals surface area contributed by atoms with Crippen LogP contribution in [0.25, 0.3) is 0 Å². The molecule has 1 aromatic carbocycles. The maximum absolute atomic E-state index is 12.2. The highest BCUT2D eigenvalue weighted by atomic mass is 35.5. The lowest BCUT2D eigenvalue weighted by Crippen LogP contribution is -2.49. The predicted octanol–water partition coefficient (Wildman–Crippen LogP) is 1.50. The molecule has 2 amide bonds. The van der Waals surface area contributed by atoms with E-state index in [0.29, 0.717) is 23.9 Å². The Hall–Kier alpha value is -1.47. The fourth-order valence-corrected chi connectivity index (χ4v) is 3.48. The van der Waals surface area contributed by atoms with Crippen LogP contribution in [0.15, 0.2) is 24.3 Å². The number of likely N-dealkylation sites (N-methyl/N-ethyl adjacent to an activating group) is 1. The molecule has 22 heavy (non-hydrogen) atoms. The predicted molar refractivity (Wildman–Crippen MR) is 85.2 cm³/mol. The molecule has 0 radical (unpaired) electrons. The van der Waals surface area contributed by atoms with Gasteiger partial charge < -0.3 is 14.5 Å². The van der Waals surface area contributed by atoms with E-state index >= 15 is 0 Å². The van der Waals surface area contributed by atoms with E-state index < -0.39 is 9.84 Å². The van der Waals surface area contributed by atoms with E-state index in [1.54, 1.807) is 36.2 Å². The molecular weight excluding hydrogens is 328 g/mol. The van der Waals surface area contributed by atoms with E-state index in [9.17, 15) is 13.2 Å². The van der Waals surface area contributed by atoms with Crippen LogP contribution in [0.1, 0.15) is 0 Å². The number of benzene rings is 1. The largest absolute Gasteiger partial charge is 0.492 e. The van der Waals surface area contributed by atoms with Crippen LogP contribution in [-0.4, -0.2) is 69.0 Å². The van der Waals surface area contributed by atoms with Gasteiger partial charge in [-0.25, -0.2) is 13.2 Å². The van der Waals surface area contributed by atoms with Crippen molar-refractivity contribution < 1.29 is 17.9 Å². The number of halogens is 1. The Morgan fingerprint density at radius 2 is 2.05 bits per heavy atom. The number of sulfone groups is 1. The topological polar surface area (TPSA) is 66.9 Å². The van der Waals surface area contributed by atoms with Crippen molar-refractivity contribution >= 4 is 27.5 Å². The molecule has 1 saturated heterocycles. The standard InChI is InChI=1S/C14H19ClN2O4S/c1-16(5-8-21-13-4-2-3-12(15)11-13)14(18)17-6-9-22(19,20)10-7-17/h2-4,11H,5-10H2,1H3. The second kappa shape index (κ2) is 7.19. The molecule has 1 aliphatic rings. The quantitative estimate of drug-likeness (QED) is 0.828. The Balaban J connectivity index is 1.77. The summed E-state index contributed by atoms with van der Waals surface area (Å²) in [6.45, 7) is 1.25. The van der Waals surface area contributed by atoms with E-state index in [4.69, 9.17) is 16.3 Å². The Bertz CT molecular complexity index is 621. The molecule has 0 bridgehead atoms. The summed E-state index contributed by atoms with van der Waals surface area (Å²) in [5.74, 6) is 0.717. The van der Waals surface area contributed by atoms with Crippen LogP contribution in [0, 0.1) is 0 Å². The zero-order valence-corrected chi connectivity index (χ0v) is 13.9. The summed E-state index contributed by atoms with van der Waals surface area (Å²) < 4.78 is 28.3. The third kappa shape index (κ3) is 4.78. The van der Waals surface area contributed by atoms with Crippen molar-refractivity contribution in [2.45, 2.75) is 0 Å². The SMILES string of the molecule is CN(CCOc1cccc(Cl)c1)C(=O)N1CCS(=O)(=O)CC1. The zero-order chi connectivity index (χ0) is 16.2. The van der Waals surface area contributed by atoms with Crippen LogP contribution >= 0.6 is 11.6 Å². The lowest BCUT2D eigenvalue weighted by atomic mass is 10.3. The number of ether oxygens (including phenoxy) is 1. The average molecular weight is 347 g/mol. The van der Waals surface area contributed by atoms with Gasteiger partial charge in [-0.05, 0) is 18.2 Å². The number of hydrogen-bond acceptors (Lipinski definition) is 4. The number of urea groups is 1. The van der Waals surface area contributed by atoms with Crippen molar-refractivity contribution in [3.05, 3.63) is 29.3 Å². The first-order chi connectivity index (χ1) is 10.4. The van der Waals surface area contributed by atoms with E-state index in [1.165, 1.54) is 4.90 Å². The third-order valence-electron chi connectivity index (χ3n) is 3.43. The summed E-state index contributed by atoms with van der Waals surface area (Å²) in [6.07, 6.45) is 0. The van der Waals surface area contributed by atoms with Crippen molar-refractivity contribution in [1.82, 2.24) is 9.80 Å². The Morgan fingerprint density at radius 1 is 1.36 bits per heavy atom. The molecule has 1 heterocycles. The molecule has 0 saturated carbocycles. The maximum Gasteiger partial charge on any atom is 0.319 e. The molecule has 1 aromatic rings. The molecule has 1 aliphatic heterocycles. The molecule has 0 aliphatic carbocycles. The van der Waals surface area contributed by atoms with E-state index in [0.717, 1.165) is 0 Å². The third-order valence-corrected chi connectivity index (χ3v) is 5.28. The molecule has 8 heteroatoms. The monoisotopic (exact) mass is 346 g/mol. The summed E-state index contributed by atoms with van der Waals surface area (Å²) in [6, 6.07) is 6.88. The van der Waals surface area contributed by atoms with Crippen LogP contribution < -0.4 is 4.74 Å². The maximum atomic E-state index is 12.2. The molecule has 0 N–H and O–H groups in total. The number of nitrogens with zero attached hydrogens (tertiary/aromatic N) is 2. The van der Waals surface area contributed by atoms with Gasteiger partial charge in [-0.2, -0.15) is 0 Å². The molecule has 0 unspecified atom stereocenters. The second-order valence-corrected chi connectivity index (χ2v) is 7.89. The zero-order valence-electron chi connectivity index (χ0n) is 12.4. The summed E-state index contributed by atoms with van der Waals surface area (Å²) in [4.78, 5) is 15.3. The molecule has 6 nitrogen and oxygen atoms in total. The van der Waals surface area contributed by atoms with Crippen LogP contribution in [0.2, 0.25) is 5.02 Å². The number of rotatable bonds is 4. The summed E-state index contributed by atoms with van der Waals surface area (Å²) in [5.41, 5.74) is 0. The minimum absolute atomic E-state index is 0.0333. The average Bonchev–Trinajstić information content (AvgIpc) is 2.46. The molecular formula is C14H19ClN2O4S. The van der Waals surface area contributed by atoms with Gasteiger partial charge >= 0.3 is 6.03 Å². The Labute approximate surface area is 135 Å². The molecule has 1 fully saturated rings. The van der Waals surface area contributed by atoms with Gasteiger partial charge in [-0.3, -0.25) is 0 Å². The lowest BCUT2D eigenvalue weighted by Gasteiger charge is -2.30. The van der Waals surface area contributed by atoms with Crippen molar-refractivity contribution in [3.63, 3.8) is 0 Å². The van der Waals surface area contributed by atoms with E-state index in [1.807, 2.05) is 0 Å². The van der Waals surface area contributed by atoms with Gasteiger partial charge in [-0.15, -0.1) is 0 Å². The van der Waals surface area contributed by atoms with Crippen molar-refractivity contribution in [2.75, 3.05) is 44.8 Å². The highest BCUT2D eigenvalue weighted by molar-refractivity contribution is 7.91. The van der Waals surface area contributed by atoms with Gasteiger partial charge in [0.25, 0.3) is 0 Å². The fourth-order valence-electron chi connectivity index (χ4n) is 2.10. The van der Waals surface area contributed by atoms with Crippen LogP contribution in [0.5, 0.6) is 5.75 Å². The first-order valence-electron chi connectivity index (χ1n) is 6.96. The molecule has 0 atom stereocenters. The summed E-state index contributed by atoms with van der Waals surface area (Å²) >= 11 is 5.86. The Morgan fingerprint density at radius 3 is 2.68 bits per heavy atom.